The van der Waals surface area contributed by atoms with Gasteiger partial charge in [0.2, 0.25) is 10.0 Å². The Hall–Kier alpha value is -1.02. The maximum Gasteiger partial charge on any atom is 0.241 e. The molecule has 1 aliphatic rings. The number of benzene rings is 1. The normalized spacial score (nSPS) is 19.7. The predicted octanol–water partition coefficient (Wildman–Crippen LogP) is 1.03. The Morgan fingerprint density at radius 3 is 2.85 bits per heavy atom. The van der Waals surface area contributed by atoms with Crippen molar-refractivity contribution in [2.24, 2.45) is 11.7 Å². The molecule has 1 heterocycles. The number of thiocarbonyl (C=S) groups is 1. The van der Waals surface area contributed by atoms with Crippen molar-refractivity contribution in [2.75, 3.05) is 19.8 Å². The van der Waals surface area contributed by atoms with E-state index in [2.05, 4.69) is 4.72 Å². The summed E-state index contributed by atoms with van der Waals surface area (Å²) in [6.45, 7) is 1.72. The molecule has 1 atom stereocenters. The van der Waals surface area contributed by atoms with Gasteiger partial charge in [-0.3, -0.25) is 0 Å². The zero-order valence-corrected chi connectivity index (χ0v) is 12.7. The van der Waals surface area contributed by atoms with Crippen molar-refractivity contribution in [3.63, 3.8) is 0 Å². The van der Waals surface area contributed by atoms with Crippen LogP contribution in [-0.2, 0) is 14.8 Å². The Balaban J connectivity index is 2.12. The van der Waals surface area contributed by atoms with Crippen LogP contribution in [-0.4, -0.2) is 33.2 Å². The largest absolute Gasteiger partial charge is 0.389 e. The first kappa shape index (κ1) is 15.4. The molecule has 110 valence electrons. The fourth-order valence-corrected chi connectivity index (χ4v) is 3.76. The average molecular weight is 314 g/mol. The number of sulfonamides is 1. The minimum absolute atomic E-state index is 0.0759. The molecule has 0 saturated carbocycles. The Kier molecular flexibility index (Phi) is 5.09. The van der Waals surface area contributed by atoms with E-state index in [1.165, 1.54) is 6.07 Å². The maximum absolute atomic E-state index is 12.3. The van der Waals surface area contributed by atoms with Crippen LogP contribution in [0.5, 0.6) is 0 Å². The predicted molar refractivity (Wildman–Crippen MR) is 81.1 cm³/mol. The molecule has 5 nitrogen and oxygen atoms in total. The molecule has 0 bridgehead atoms. The summed E-state index contributed by atoms with van der Waals surface area (Å²) in [6, 6.07) is 6.48. The summed E-state index contributed by atoms with van der Waals surface area (Å²) >= 11 is 4.89. The number of nitrogens with two attached hydrogens (primary N) is 1. The molecule has 2 rings (SSSR count). The molecular formula is C13H18N2O3S2. The number of nitrogens with one attached hydrogen (secondary N) is 1. The molecule has 1 aromatic rings. The standard InChI is InChI=1S/C13H18N2O3S2/c14-13(19)11-5-1-2-6-12(11)20(16,17)15-8-10-4-3-7-18-9-10/h1-2,5-6,10,15H,3-4,7-9H2,(H2,14,19). The van der Waals surface area contributed by atoms with E-state index in [0.29, 0.717) is 18.7 Å². The molecule has 1 unspecified atom stereocenters. The number of hydrogen-bond donors (Lipinski definition) is 2. The Labute approximate surface area is 124 Å². The van der Waals surface area contributed by atoms with Gasteiger partial charge >= 0.3 is 0 Å². The van der Waals surface area contributed by atoms with Crippen LogP contribution in [0.25, 0.3) is 0 Å². The molecular weight excluding hydrogens is 296 g/mol. The average Bonchev–Trinajstić information content (AvgIpc) is 2.46. The molecule has 0 amide bonds. The molecule has 1 aromatic carbocycles. The third kappa shape index (κ3) is 3.76. The van der Waals surface area contributed by atoms with Gasteiger partial charge in [0.05, 0.1) is 11.5 Å². The van der Waals surface area contributed by atoms with Crippen molar-refractivity contribution in [1.29, 1.82) is 0 Å². The van der Waals surface area contributed by atoms with E-state index in [1.54, 1.807) is 18.2 Å². The van der Waals surface area contributed by atoms with E-state index in [1.807, 2.05) is 0 Å². The summed E-state index contributed by atoms with van der Waals surface area (Å²) in [5.74, 6) is 0.218. The van der Waals surface area contributed by atoms with Gasteiger partial charge in [0.25, 0.3) is 0 Å². The highest BCUT2D eigenvalue weighted by Gasteiger charge is 2.22. The first-order valence-corrected chi connectivity index (χ1v) is 8.36. The summed E-state index contributed by atoms with van der Waals surface area (Å²) in [5.41, 5.74) is 5.94. The molecule has 0 aromatic heterocycles. The molecule has 0 aliphatic carbocycles. The van der Waals surface area contributed by atoms with Crippen LogP contribution in [0.1, 0.15) is 18.4 Å². The molecule has 20 heavy (non-hydrogen) atoms. The lowest BCUT2D eigenvalue weighted by molar-refractivity contribution is 0.0568. The lowest BCUT2D eigenvalue weighted by Crippen LogP contribution is -2.34. The zero-order chi connectivity index (χ0) is 14.6. The van der Waals surface area contributed by atoms with Gasteiger partial charge in [0.15, 0.2) is 0 Å². The van der Waals surface area contributed by atoms with Gasteiger partial charge in [-0.25, -0.2) is 13.1 Å². The van der Waals surface area contributed by atoms with Crippen LogP contribution in [0.4, 0.5) is 0 Å². The fraction of sp³-hybridized carbons (Fsp3) is 0.462. The molecule has 3 N–H and O–H groups in total. The van der Waals surface area contributed by atoms with Crippen molar-refractivity contribution in [2.45, 2.75) is 17.7 Å². The summed E-state index contributed by atoms with van der Waals surface area (Å²) in [6.07, 6.45) is 1.94. The lowest BCUT2D eigenvalue weighted by atomic mass is 10.0. The molecule has 1 saturated heterocycles. The topological polar surface area (TPSA) is 81.4 Å². The molecule has 1 aliphatic heterocycles. The highest BCUT2D eigenvalue weighted by Crippen LogP contribution is 2.17. The van der Waals surface area contributed by atoms with Crippen molar-refractivity contribution < 1.29 is 13.2 Å². The Morgan fingerprint density at radius 1 is 1.45 bits per heavy atom. The lowest BCUT2D eigenvalue weighted by Gasteiger charge is -2.22. The highest BCUT2D eigenvalue weighted by atomic mass is 32.2. The van der Waals surface area contributed by atoms with E-state index in [0.717, 1.165) is 19.4 Å². The van der Waals surface area contributed by atoms with Gasteiger partial charge in [-0.1, -0.05) is 30.4 Å². The van der Waals surface area contributed by atoms with Crippen LogP contribution in [0, 0.1) is 5.92 Å². The maximum atomic E-state index is 12.3. The van der Waals surface area contributed by atoms with Crippen LogP contribution in [0.2, 0.25) is 0 Å². The van der Waals surface area contributed by atoms with Crippen LogP contribution in [0.15, 0.2) is 29.2 Å². The van der Waals surface area contributed by atoms with Crippen molar-refractivity contribution in [3.05, 3.63) is 29.8 Å². The fourth-order valence-electron chi connectivity index (χ4n) is 2.18. The minimum Gasteiger partial charge on any atom is -0.389 e. The van der Waals surface area contributed by atoms with Crippen molar-refractivity contribution >= 4 is 27.2 Å². The van der Waals surface area contributed by atoms with Gasteiger partial charge in [-0.15, -0.1) is 0 Å². The van der Waals surface area contributed by atoms with E-state index in [9.17, 15) is 8.42 Å². The zero-order valence-electron chi connectivity index (χ0n) is 11.0. The van der Waals surface area contributed by atoms with Crippen molar-refractivity contribution in [3.8, 4) is 0 Å². The second-order valence-corrected chi connectivity index (χ2v) is 6.97. The third-order valence-corrected chi connectivity index (χ3v) is 4.96. The van der Waals surface area contributed by atoms with Gasteiger partial charge in [-0.2, -0.15) is 0 Å². The Bertz CT molecular complexity index is 581. The SMILES string of the molecule is NC(=S)c1ccccc1S(=O)(=O)NCC1CCCOC1. The van der Waals surface area contributed by atoms with Gasteiger partial charge in [0, 0.05) is 18.7 Å². The first-order valence-electron chi connectivity index (χ1n) is 6.47. The van der Waals surface area contributed by atoms with Crippen LogP contribution < -0.4 is 10.5 Å². The van der Waals surface area contributed by atoms with E-state index in [-0.39, 0.29) is 15.8 Å². The summed E-state index contributed by atoms with van der Waals surface area (Å²) in [7, 11) is -3.61. The quantitative estimate of drug-likeness (QED) is 0.793. The number of rotatable bonds is 5. The van der Waals surface area contributed by atoms with Gasteiger partial charge < -0.3 is 10.5 Å². The number of hydrogen-bond acceptors (Lipinski definition) is 4. The second kappa shape index (κ2) is 6.62. The molecule has 7 heteroatoms. The smallest absolute Gasteiger partial charge is 0.241 e. The van der Waals surface area contributed by atoms with Crippen LogP contribution in [0.3, 0.4) is 0 Å². The van der Waals surface area contributed by atoms with Crippen LogP contribution >= 0.6 is 12.2 Å². The Morgan fingerprint density at radius 2 is 2.20 bits per heavy atom. The third-order valence-electron chi connectivity index (χ3n) is 3.26. The summed E-state index contributed by atoms with van der Waals surface area (Å²) in [4.78, 5) is 0.205. The monoisotopic (exact) mass is 314 g/mol. The van der Waals surface area contributed by atoms with Crippen molar-refractivity contribution in [1.82, 2.24) is 4.72 Å². The first-order chi connectivity index (χ1) is 9.50. The van der Waals surface area contributed by atoms with Gasteiger partial charge in [0.1, 0.15) is 4.99 Å². The summed E-state index contributed by atoms with van der Waals surface area (Å²) < 4.78 is 32.6. The molecule has 0 radical (unpaired) electrons. The van der Waals surface area contributed by atoms with E-state index < -0.39 is 10.0 Å². The molecule has 1 fully saturated rings. The minimum atomic E-state index is -3.61. The summed E-state index contributed by atoms with van der Waals surface area (Å²) in [5, 5.41) is 0. The van der Waals surface area contributed by atoms with E-state index >= 15 is 0 Å². The van der Waals surface area contributed by atoms with Gasteiger partial charge in [-0.05, 0) is 24.8 Å². The van der Waals surface area contributed by atoms with E-state index in [4.69, 9.17) is 22.7 Å². The highest BCUT2D eigenvalue weighted by molar-refractivity contribution is 7.89. The molecule has 0 spiro atoms. The second-order valence-electron chi connectivity index (χ2n) is 4.80. The number of ether oxygens (including phenoxy) is 1.